The smallest absolute Gasteiger partial charge is 0.255 e. The minimum atomic E-state index is -0.636. The quantitative estimate of drug-likeness (QED) is 0.204. The Morgan fingerprint density at radius 2 is 1.61 bits per heavy atom. The van der Waals surface area contributed by atoms with Crippen LogP contribution in [0.4, 0.5) is 11.4 Å². The van der Waals surface area contributed by atoms with Crippen LogP contribution in [-0.4, -0.2) is 87.4 Å². The largest absolute Gasteiger partial charge is 0.491 e. The second kappa shape index (κ2) is 15.1. The summed E-state index contributed by atoms with van der Waals surface area (Å²) in [6.45, 7) is 5.38. The lowest BCUT2D eigenvalue weighted by Crippen LogP contribution is -2.52. The van der Waals surface area contributed by atoms with Crippen LogP contribution in [-0.2, 0) is 35.1 Å². The number of anilines is 2. The van der Waals surface area contributed by atoms with Crippen molar-refractivity contribution >= 4 is 35.0 Å². The zero-order valence-electron chi connectivity index (χ0n) is 23.1. The first kappa shape index (κ1) is 30.0. The molecule has 0 radical (unpaired) electrons. The Morgan fingerprint density at radius 1 is 0.927 bits per heavy atom. The number of benzene rings is 2. The molecule has 4 amide bonds. The summed E-state index contributed by atoms with van der Waals surface area (Å²) in [4.78, 5) is 49.2. The predicted octanol–water partition coefficient (Wildman–Crippen LogP) is 1.95. The van der Waals surface area contributed by atoms with Crippen LogP contribution in [0.2, 0.25) is 0 Å². The molecule has 41 heavy (non-hydrogen) atoms. The minimum absolute atomic E-state index is 0.119. The minimum Gasteiger partial charge on any atom is -0.491 e. The molecule has 1 unspecified atom stereocenters. The van der Waals surface area contributed by atoms with Crippen LogP contribution in [0.25, 0.3) is 0 Å². The Labute approximate surface area is 238 Å². The molecule has 2 aromatic carbocycles. The van der Waals surface area contributed by atoms with Crippen LogP contribution in [0.15, 0.2) is 42.5 Å². The van der Waals surface area contributed by atoms with Crippen molar-refractivity contribution in [1.82, 2.24) is 10.2 Å². The number of fused-ring (bicyclic) bond motifs is 1. The van der Waals surface area contributed by atoms with Gasteiger partial charge in [0, 0.05) is 48.9 Å². The van der Waals surface area contributed by atoms with E-state index in [9.17, 15) is 19.2 Å². The van der Waals surface area contributed by atoms with Crippen LogP contribution in [0, 0.1) is 0 Å². The van der Waals surface area contributed by atoms with Crippen molar-refractivity contribution in [3.05, 3.63) is 53.6 Å². The fourth-order valence-electron chi connectivity index (χ4n) is 4.61. The summed E-state index contributed by atoms with van der Waals surface area (Å²) >= 11 is 0. The SMILES string of the molecule is CC(=O)Nc1ccc(OCCOCCOCCOCCNc2cccc3c2CN(C2CCC(=O)NC2=O)C3=O)cc1. The number of carbonyl (C=O) groups is 4. The molecule has 2 aromatic rings. The van der Waals surface area contributed by atoms with E-state index < -0.39 is 11.9 Å². The monoisotopic (exact) mass is 568 g/mol. The van der Waals surface area contributed by atoms with Gasteiger partial charge in [-0.15, -0.1) is 0 Å². The molecule has 1 atom stereocenters. The third-order valence-electron chi connectivity index (χ3n) is 6.56. The number of rotatable bonds is 16. The van der Waals surface area contributed by atoms with Crippen molar-refractivity contribution in [2.45, 2.75) is 32.4 Å². The van der Waals surface area contributed by atoms with Gasteiger partial charge < -0.3 is 34.5 Å². The van der Waals surface area contributed by atoms with Gasteiger partial charge in [-0.1, -0.05) is 6.07 Å². The second-order valence-electron chi connectivity index (χ2n) is 9.55. The summed E-state index contributed by atoms with van der Waals surface area (Å²) < 4.78 is 22.3. The maximum Gasteiger partial charge on any atom is 0.255 e. The highest BCUT2D eigenvalue weighted by molar-refractivity contribution is 6.06. The number of imide groups is 1. The van der Waals surface area contributed by atoms with E-state index >= 15 is 0 Å². The zero-order valence-corrected chi connectivity index (χ0v) is 23.1. The van der Waals surface area contributed by atoms with Gasteiger partial charge >= 0.3 is 0 Å². The van der Waals surface area contributed by atoms with E-state index in [0.717, 1.165) is 16.9 Å². The first-order chi connectivity index (χ1) is 19.9. The van der Waals surface area contributed by atoms with Gasteiger partial charge in [0.25, 0.3) is 5.91 Å². The lowest BCUT2D eigenvalue weighted by Gasteiger charge is -2.29. The molecule has 0 spiro atoms. The average molecular weight is 569 g/mol. The molecular formula is C29H36N4O8. The Morgan fingerprint density at radius 3 is 2.29 bits per heavy atom. The Hall–Kier alpha value is -4.00. The van der Waals surface area contributed by atoms with Crippen LogP contribution in [0.3, 0.4) is 0 Å². The van der Waals surface area contributed by atoms with Crippen molar-refractivity contribution in [1.29, 1.82) is 0 Å². The Kier molecular flexibility index (Phi) is 11.1. The van der Waals surface area contributed by atoms with E-state index in [1.165, 1.54) is 11.8 Å². The van der Waals surface area contributed by atoms with Gasteiger partial charge in [0.15, 0.2) is 0 Å². The highest BCUT2D eigenvalue weighted by atomic mass is 16.6. The van der Waals surface area contributed by atoms with E-state index in [2.05, 4.69) is 16.0 Å². The highest BCUT2D eigenvalue weighted by Crippen LogP contribution is 2.32. The van der Waals surface area contributed by atoms with Gasteiger partial charge in [-0.05, 0) is 42.8 Å². The standard InChI is InChI=1S/C29H36N4O8/c1-20(34)31-21-5-7-22(8-6-21)41-18-17-40-16-15-39-14-13-38-12-11-30-25-4-2-3-23-24(25)19-33(29(23)37)26-9-10-27(35)32-28(26)36/h2-8,26,30H,9-19H2,1H3,(H,31,34)(H,32,35,36). The molecule has 1 fully saturated rings. The maximum absolute atomic E-state index is 12.9. The summed E-state index contributed by atoms with van der Waals surface area (Å²) in [5.74, 6) is -0.340. The van der Waals surface area contributed by atoms with Gasteiger partial charge in [0.2, 0.25) is 17.7 Å². The molecule has 4 rings (SSSR count). The Balaban J connectivity index is 1.02. The second-order valence-corrected chi connectivity index (χ2v) is 9.55. The first-order valence-electron chi connectivity index (χ1n) is 13.7. The zero-order chi connectivity index (χ0) is 29.0. The summed E-state index contributed by atoms with van der Waals surface area (Å²) in [5, 5.41) is 8.34. The third-order valence-corrected chi connectivity index (χ3v) is 6.56. The third kappa shape index (κ3) is 8.74. The molecule has 0 aromatic heterocycles. The number of hydrogen-bond acceptors (Lipinski definition) is 9. The van der Waals surface area contributed by atoms with Gasteiger partial charge in [0.05, 0.1) is 39.6 Å². The molecular weight excluding hydrogens is 532 g/mol. The summed E-state index contributed by atoms with van der Waals surface area (Å²) in [7, 11) is 0. The van der Waals surface area contributed by atoms with Crippen molar-refractivity contribution in [3.63, 3.8) is 0 Å². The van der Waals surface area contributed by atoms with Crippen molar-refractivity contribution in [3.8, 4) is 5.75 Å². The molecule has 1 saturated heterocycles. The molecule has 2 aliphatic heterocycles. The fraction of sp³-hybridized carbons (Fsp3) is 0.448. The van der Waals surface area contributed by atoms with Gasteiger partial charge in [-0.3, -0.25) is 24.5 Å². The normalized spacial score (nSPS) is 16.4. The van der Waals surface area contributed by atoms with Gasteiger partial charge in [-0.2, -0.15) is 0 Å². The molecule has 12 nitrogen and oxygen atoms in total. The van der Waals surface area contributed by atoms with E-state index in [0.29, 0.717) is 77.1 Å². The summed E-state index contributed by atoms with van der Waals surface area (Å²) in [6, 6.07) is 12.0. The average Bonchev–Trinajstić information content (AvgIpc) is 3.28. The predicted molar refractivity (Wildman–Crippen MR) is 150 cm³/mol. The van der Waals surface area contributed by atoms with E-state index in [1.807, 2.05) is 12.1 Å². The summed E-state index contributed by atoms with van der Waals surface area (Å²) in [5.41, 5.74) is 2.96. The van der Waals surface area contributed by atoms with Crippen LogP contribution >= 0.6 is 0 Å². The van der Waals surface area contributed by atoms with Crippen molar-refractivity contribution in [2.75, 3.05) is 63.4 Å². The number of amides is 4. The van der Waals surface area contributed by atoms with E-state index in [4.69, 9.17) is 18.9 Å². The van der Waals surface area contributed by atoms with Gasteiger partial charge in [0.1, 0.15) is 18.4 Å². The maximum atomic E-state index is 12.9. The number of piperidine rings is 1. The number of ether oxygens (including phenoxy) is 4. The topological polar surface area (TPSA) is 145 Å². The molecule has 2 heterocycles. The lowest BCUT2D eigenvalue weighted by molar-refractivity contribution is -0.137. The van der Waals surface area contributed by atoms with Crippen LogP contribution in [0.5, 0.6) is 5.75 Å². The lowest BCUT2D eigenvalue weighted by atomic mass is 10.0. The molecule has 0 saturated carbocycles. The van der Waals surface area contributed by atoms with Crippen LogP contribution in [0.1, 0.15) is 35.7 Å². The first-order valence-corrected chi connectivity index (χ1v) is 13.7. The number of hydrogen-bond donors (Lipinski definition) is 3. The van der Waals surface area contributed by atoms with E-state index in [1.54, 1.807) is 30.3 Å². The number of nitrogens with one attached hydrogen (secondary N) is 3. The Bertz CT molecular complexity index is 1220. The number of nitrogens with zero attached hydrogens (tertiary/aromatic N) is 1. The van der Waals surface area contributed by atoms with Crippen molar-refractivity contribution < 1.29 is 38.1 Å². The van der Waals surface area contributed by atoms with E-state index in [-0.39, 0.29) is 24.1 Å². The van der Waals surface area contributed by atoms with Crippen LogP contribution < -0.4 is 20.7 Å². The molecule has 0 bridgehead atoms. The fourth-order valence-corrected chi connectivity index (χ4v) is 4.61. The number of carbonyl (C=O) groups excluding carboxylic acids is 4. The molecule has 3 N–H and O–H groups in total. The molecule has 0 aliphatic carbocycles. The van der Waals surface area contributed by atoms with Gasteiger partial charge in [-0.25, -0.2) is 0 Å². The molecule has 220 valence electrons. The van der Waals surface area contributed by atoms with Crippen molar-refractivity contribution in [2.24, 2.45) is 0 Å². The molecule has 2 aliphatic rings. The summed E-state index contributed by atoms with van der Waals surface area (Å²) in [6.07, 6.45) is 0.561. The molecule has 12 heteroatoms. The highest BCUT2D eigenvalue weighted by Gasteiger charge is 2.39.